The van der Waals surface area contributed by atoms with Crippen LogP contribution in [0, 0.1) is 6.92 Å². The summed E-state index contributed by atoms with van der Waals surface area (Å²) in [5.41, 5.74) is 2.67. The van der Waals surface area contributed by atoms with Gasteiger partial charge in [-0.2, -0.15) is 0 Å². The summed E-state index contributed by atoms with van der Waals surface area (Å²) in [5, 5.41) is 14.8. The third-order valence-electron chi connectivity index (χ3n) is 7.30. The van der Waals surface area contributed by atoms with Gasteiger partial charge in [0.2, 0.25) is 0 Å². The summed E-state index contributed by atoms with van der Waals surface area (Å²) in [4.78, 5) is 20.2. The molecule has 1 saturated carbocycles. The molecule has 0 unspecified atom stereocenters. The average Bonchev–Trinajstić information content (AvgIpc) is 3.59. The van der Waals surface area contributed by atoms with Crippen molar-refractivity contribution in [2.45, 2.75) is 43.5 Å². The monoisotopic (exact) mass is 477 g/mol. The summed E-state index contributed by atoms with van der Waals surface area (Å²) >= 11 is 0. The van der Waals surface area contributed by atoms with E-state index in [0.717, 1.165) is 58.3 Å². The van der Waals surface area contributed by atoms with Crippen LogP contribution in [0.25, 0.3) is 10.9 Å². The summed E-state index contributed by atoms with van der Waals surface area (Å²) < 4.78 is 11.7. The highest BCUT2D eigenvalue weighted by Crippen LogP contribution is 2.49. The molecule has 1 amide bonds. The summed E-state index contributed by atoms with van der Waals surface area (Å²) in [6, 6.07) is 11.5. The van der Waals surface area contributed by atoms with Gasteiger partial charge in [-0.15, -0.1) is 0 Å². The van der Waals surface area contributed by atoms with Gasteiger partial charge in [-0.05, 0) is 75.2 Å². The quantitative estimate of drug-likeness (QED) is 0.509. The Labute approximate surface area is 202 Å². The molecule has 8 heteroatoms. The van der Waals surface area contributed by atoms with Crippen LogP contribution in [0.15, 0.2) is 42.6 Å². The van der Waals surface area contributed by atoms with Crippen LogP contribution < -0.4 is 14.8 Å². The topological polar surface area (TPSA) is 83.9 Å². The molecule has 2 heterocycles. The zero-order valence-electron chi connectivity index (χ0n) is 20.1. The van der Waals surface area contributed by atoms with E-state index in [2.05, 4.69) is 22.2 Å². The zero-order chi connectivity index (χ0) is 24.0. The van der Waals surface area contributed by atoms with Crippen LogP contribution in [0.1, 0.15) is 40.7 Å². The molecule has 1 aromatic heterocycles. The van der Waals surface area contributed by atoms with Crippen molar-refractivity contribution in [3.63, 3.8) is 0 Å². The van der Waals surface area contributed by atoms with Crippen LogP contribution >= 0.6 is 0 Å². The summed E-state index contributed by atoms with van der Waals surface area (Å²) in [6.07, 6.45) is 4.53. The average molecular weight is 478 g/mol. The predicted octanol–water partition coefficient (Wildman–Crippen LogP) is 2.45. The fourth-order valence-electron chi connectivity index (χ4n) is 4.96. The maximum atomic E-state index is 13.5. The number of aryl methyl sites for hydroxylation is 1. The smallest absolute Gasteiger partial charge is 0.252 e. The third-order valence-corrected chi connectivity index (χ3v) is 8.30. The molecule has 0 spiro atoms. The van der Waals surface area contributed by atoms with E-state index in [1.165, 1.54) is 0 Å². The molecular weight excluding hydrogens is 446 g/mol. The number of methoxy groups -OCH3 is 1. The number of hydrogen-bond acceptors (Lipinski definition) is 6. The van der Waals surface area contributed by atoms with E-state index in [0.29, 0.717) is 22.9 Å². The molecule has 2 aromatic carbocycles. The molecule has 2 aliphatic rings. The van der Waals surface area contributed by atoms with Crippen LogP contribution in [-0.2, 0) is 5.54 Å². The van der Waals surface area contributed by atoms with E-state index in [9.17, 15) is 9.90 Å². The number of phenolic OH excluding ortho intramolecular Hbond substituents is 1. The lowest BCUT2D eigenvalue weighted by Gasteiger charge is -2.41. The Balaban J connectivity index is 1.43. The molecule has 2 fully saturated rings. The Kier molecular flexibility index (Phi) is 5.73. The number of nitrogens with one attached hydrogen (secondary N) is 1. The molecule has 7 nitrogen and oxygen atoms in total. The van der Waals surface area contributed by atoms with Gasteiger partial charge >= 0.3 is 0 Å². The first kappa shape index (κ1) is 22.7. The van der Waals surface area contributed by atoms with Gasteiger partial charge in [-0.3, -0.25) is 9.78 Å². The van der Waals surface area contributed by atoms with Gasteiger partial charge in [0.05, 0.1) is 34.1 Å². The number of likely N-dealkylation sites (N-methyl/N-ethyl adjacent to an activating group) is 1. The highest BCUT2D eigenvalue weighted by molar-refractivity contribution is 6.11. The number of nitrogens with zero attached hydrogens (tertiary/aromatic N) is 2. The molecule has 2 N–H and O–H groups in total. The van der Waals surface area contributed by atoms with Crippen molar-refractivity contribution in [3.05, 3.63) is 59.3 Å². The van der Waals surface area contributed by atoms with Gasteiger partial charge in [-0.25, -0.2) is 0 Å². The number of rotatable bonds is 7. The number of amides is 1. The number of aromatic nitrogens is 1. The number of carbonyl (C=O) groups excluding carboxylic acids is 1. The largest absolute Gasteiger partial charge is 0.504 e. The van der Waals surface area contributed by atoms with Crippen molar-refractivity contribution in [3.8, 4) is 17.2 Å². The second-order valence-corrected chi connectivity index (χ2v) is 10.7. The second-order valence-electron chi connectivity index (χ2n) is 9.58. The molecule has 2 atom stereocenters. The first-order valence-corrected chi connectivity index (χ1v) is 12.9. The number of fused-ring (bicyclic) bond motifs is 1. The Bertz CT molecular complexity index is 1260. The van der Waals surface area contributed by atoms with Crippen molar-refractivity contribution >= 4 is 27.1 Å². The number of pyridine rings is 1. The minimum Gasteiger partial charge on any atom is -0.504 e. The Morgan fingerprint density at radius 1 is 1.32 bits per heavy atom. The van der Waals surface area contributed by atoms with E-state index < -0.39 is 5.54 Å². The van der Waals surface area contributed by atoms with Crippen LogP contribution in [0.4, 0.5) is 0 Å². The van der Waals surface area contributed by atoms with Crippen LogP contribution in [0.2, 0.25) is 0 Å². The van der Waals surface area contributed by atoms with Crippen LogP contribution in [0.5, 0.6) is 17.2 Å². The van der Waals surface area contributed by atoms with Gasteiger partial charge in [0, 0.05) is 29.3 Å². The number of ether oxygens (including phenoxy) is 2. The number of benzene rings is 2. The van der Waals surface area contributed by atoms with Crippen molar-refractivity contribution in [1.29, 1.82) is 0 Å². The Morgan fingerprint density at radius 3 is 2.76 bits per heavy atom. The number of phenols is 1. The van der Waals surface area contributed by atoms with Crippen molar-refractivity contribution in [2.75, 3.05) is 20.7 Å². The van der Waals surface area contributed by atoms with Crippen LogP contribution in [0.3, 0.4) is 0 Å². The molecule has 0 bridgehead atoms. The number of aromatic hydroxyl groups is 1. The van der Waals surface area contributed by atoms with E-state index >= 15 is 0 Å². The predicted molar refractivity (Wildman–Crippen MR) is 135 cm³/mol. The highest BCUT2D eigenvalue weighted by atomic mass is 28.1. The number of carbonyl (C=O) groups is 1. The lowest BCUT2D eigenvalue weighted by atomic mass is 9.97. The van der Waals surface area contributed by atoms with Crippen molar-refractivity contribution < 1.29 is 19.4 Å². The van der Waals surface area contributed by atoms with E-state index in [1.807, 2.05) is 31.2 Å². The highest BCUT2D eigenvalue weighted by Gasteiger charge is 2.47. The molecule has 3 aromatic rings. The lowest BCUT2D eigenvalue weighted by molar-refractivity contribution is 0.0550. The molecular formula is C26H31N3O4Si. The van der Waals surface area contributed by atoms with Gasteiger partial charge in [-0.1, -0.05) is 6.07 Å². The minimum atomic E-state index is -0.465. The van der Waals surface area contributed by atoms with E-state index in [1.54, 1.807) is 25.4 Å². The summed E-state index contributed by atoms with van der Waals surface area (Å²) in [7, 11) is 4.56. The summed E-state index contributed by atoms with van der Waals surface area (Å²) in [6.45, 7) is 2.90. The molecule has 1 aliphatic heterocycles. The van der Waals surface area contributed by atoms with E-state index in [4.69, 9.17) is 9.47 Å². The fraction of sp³-hybridized carbons (Fsp3) is 0.385. The molecule has 1 saturated heterocycles. The van der Waals surface area contributed by atoms with Gasteiger partial charge in [0.25, 0.3) is 5.91 Å². The lowest BCUT2D eigenvalue weighted by Crippen LogP contribution is -2.53. The van der Waals surface area contributed by atoms with Crippen molar-refractivity contribution in [1.82, 2.24) is 15.2 Å². The SMILES string of the molecule is COc1cc(C2(NC(=O)c3cc(O[C@@H]([SiH3])[C@@H]4CCN4C)c(O)cc3C)CC2)c2cccnc2c1. The normalized spacial score (nSPS) is 19.9. The van der Waals surface area contributed by atoms with Gasteiger partial charge in [0.1, 0.15) is 5.75 Å². The van der Waals surface area contributed by atoms with Crippen LogP contribution in [-0.4, -0.2) is 63.6 Å². The number of hydrogen-bond donors (Lipinski definition) is 2. The van der Waals surface area contributed by atoms with Gasteiger partial charge in [0.15, 0.2) is 11.5 Å². The molecule has 178 valence electrons. The molecule has 1 aliphatic carbocycles. The van der Waals surface area contributed by atoms with Gasteiger partial charge < -0.3 is 24.8 Å². The number of likely N-dealkylation sites (tertiary alicyclic amines) is 1. The molecule has 0 radical (unpaired) electrons. The summed E-state index contributed by atoms with van der Waals surface area (Å²) in [5.74, 6) is 0.988. The molecule has 5 rings (SSSR count). The van der Waals surface area contributed by atoms with Crippen molar-refractivity contribution in [2.24, 2.45) is 0 Å². The fourth-order valence-corrected chi connectivity index (χ4v) is 6.06. The Hall–Kier alpha value is -3.10. The maximum Gasteiger partial charge on any atom is 0.252 e. The maximum absolute atomic E-state index is 13.5. The first-order valence-electron chi connectivity index (χ1n) is 11.8. The zero-order valence-corrected chi connectivity index (χ0v) is 22.1. The minimum absolute atomic E-state index is 0.0497. The molecule has 34 heavy (non-hydrogen) atoms. The standard InChI is InChI=1S/C26H31N3O4Si/c1-15-11-22(30)23(33-25(34)21-6-10-29(21)2)14-18(15)24(31)28-26(7-8-26)19-12-16(32-3)13-20-17(19)5-4-9-27-20/h4-5,9,11-14,21,25,30H,6-8,10H2,1-3,34H3,(H,28,31)/t21-,25-/m0/s1. The third kappa shape index (κ3) is 4.01. The van der Waals surface area contributed by atoms with E-state index in [-0.39, 0.29) is 17.4 Å². The first-order chi connectivity index (χ1) is 16.3. The Morgan fingerprint density at radius 2 is 2.12 bits per heavy atom. The second kappa shape index (κ2) is 8.59.